The second-order valence-corrected chi connectivity index (χ2v) is 6.16. The SMILES string of the molecule is CCOC(=O)c1nc(C)n(CC2CC3CCC2C3)c1N. The standard InChI is InChI=1S/C15H23N3O2/c1-3-20-15(19)13-14(16)18(9(2)17-13)8-12-7-10-4-5-11(12)6-10/h10-12H,3-8,16H2,1-2H3. The number of hydrogen-bond donors (Lipinski definition) is 1. The highest BCUT2D eigenvalue weighted by Gasteiger charge is 2.40. The van der Waals surface area contributed by atoms with Gasteiger partial charge in [-0.2, -0.15) is 0 Å². The Labute approximate surface area is 119 Å². The largest absolute Gasteiger partial charge is 0.461 e. The first kappa shape index (κ1) is 13.5. The summed E-state index contributed by atoms with van der Waals surface area (Å²) in [4.78, 5) is 16.1. The highest BCUT2D eigenvalue weighted by molar-refractivity contribution is 5.92. The van der Waals surface area contributed by atoms with Gasteiger partial charge in [-0.3, -0.25) is 0 Å². The average Bonchev–Trinajstić information content (AvgIpc) is 3.09. The second-order valence-electron chi connectivity index (χ2n) is 6.16. The van der Waals surface area contributed by atoms with Crippen LogP contribution in [0.1, 0.15) is 48.9 Å². The second kappa shape index (κ2) is 5.11. The lowest BCUT2D eigenvalue weighted by molar-refractivity contribution is 0.0521. The Kier molecular flexibility index (Phi) is 3.44. The highest BCUT2D eigenvalue weighted by atomic mass is 16.5. The summed E-state index contributed by atoms with van der Waals surface area (Å²) in [6.45, 7) is 4.93. The Balaban J connectivity index is 1.78. The van der Waals surface area contributed by atoms with Gasteiger partial charge < -0.3 is 15.0 Å². The Morgan fingerprint density at radius 2 is 2.25 bits per heavy atom. The maximum Gasteiger partial charge on any atom is 0.360 e. The van der Waals surface area contributed by atoms with Crippen molar-refractivity contribution in [3.05, 3.63) is 11.5 Å². The van der Waals surface area contributed by atoms with Gasteiger partial charge in [0.05, 0.1) is 6.61 Å². The van der Waals surface area contributed by atoms with Crippen LogP contribution in [0, 0.1) is 24.7 Å². The van der Waals surface area contributed by atoms with Gasteiger partial charge in [0.2, 0.25) is 0 Å². The lowest BCUT2D eigenvalue weighted by Gasteiger charge is -2.23. The molecule has 5 heteroatoms. The van der Waals surface area contributed by atoms with E-state index in [1.165, 1.54) is 25.7 Å². The van der Waals surface area contributed by atoms with Crippen molar-refractivity contribution in [2.45, 2.75) is 46.1 Å². The highest BCUT2D eigenvalue weighted by Crippen LogP contribution is 2.49. The third-order valence-corrected chi connectivity index (χ3v) is 4.97. The van der Waals surface area contributed by atoms with Gasteiger partial charge in [-0.15, -0.1) is 0 Å². The fourth-order valence-electron chi connectivity index (χ4n) is 4.00. The fraction of sp³-hybridized carbons (Fsp3) is 0.733. The van der Waals surface area contributed by atoms with E-state index in [-0.39, 0.29) is 5.69 Å². The van der Waals surface area contributed by atoms with Gasteiger partial charge in [0.15, 0.2) is 5.69 Å². The fourth-order valence-corrected chi connectivity index (χ4v) is 4.00. The summed E-state index contributed by atoms with van der Waals surface area (Å²) >= 11 is 0. The number of rotatable bonds is 4. The smallest absolute Gasteiger partial charge is 0.360 e. The summed E-state index contributed by atoms with van der Waals surface area (Å²) in [6, 6.07) is 0. The molecule has 110 valence electrons. The lowest BCUT2D eigenvalue weighted by atomic mass is 9.89. The zero-order valence-electron chi connectivity index (χ0n) is 12.3. The van der Waals surface area contributed by atoms with Crippen LogP contribution in [-0.2, 0) is 11.3 Å². The molecule has 1 heterocycles. The van der Waals surface area contributed by atoms with E-state index in [0.29, 0.717) is 18.3 Å². The van der Waals surface area contributed by atoms with Crippen LogP contribution in [0.3, 0.4) is 0 Å². The Morgan fingerprint density at radius 3 is 2.85 bits per heavy atom. The molecule has 2 aliphatic rings. The van der Waals surface area contributed by atoms with Crippen molar-refractivity contribution in [1.82, 2.24) is 9.55 Å². The van der Waals surface area contributed by atoms with Crippen molar-refractivity contribution in [1.29, 1.82) is 0 Å². The Morgan fingerprint density at radius 1 is 1.45 bits per heavy atom. The van der Waals surface area contributed by atoms with Crippen LogP contribution in [0.4, 0.5) is 5.82 Å². The number of nitrogens with zero attached hydrogens (tertiary/aromatic N) is 2. The molecule has 2 bridgehead atoms. The van der Waals surface area contributed by atoms with Gasteiger partial charge in [-0.1, -0.05) is 6.42 Å². The van der Waals surface area contributed by atoms with Gasteiger partial charge in [0.1, 0.15) is 11.6 Å². The first-order chi connectivity index (χ1) is 9.60. The molecule has 0 aromatic carbocycles. The lowest BCUT2D eigenvalue weighted by Crippen LogP contribution is -2.19. The van der Waals surface area contributed by atoms with Crippen LogP contribution in [0.5, 0.6) is 0 Å². The molecule has 2 N–H and O–H groups in total. The molecule has 0 aliphatic heterocycles. The summed E-state index contributed by atoms with van der Waals surface area (Å²) in [5.74, 6) is 3.31. The molecule has 3 atom stereocenters. The summed E-state index contributed by atoms with van der Waals surface area (Å²) in [5.41, 5.74) is 6.38. The molecule has 3 unspecified atom stereocenters. The van der Waals surface area contributed by atoms with Gasteiger partial charge in [0, 0.05) is 6.54 Å². The predicted octanol–water partition coefficient (Wildman–Crippen LogP) is 2.39. The Hall–Kier alpha value is -1.52. The zero-order chi connectivity index (χ0) is 14.3. The number of imidazole rings is 1. The van der Waals surface area contributed by atoms with Crippen molar-refractivity contribution in [2.75, 3.05) is 12.3 Å². The van der Waals surface area contributed by atoms with Gasteiger partial charge in [-0.25, -0.2) is 9.78 Å². The van der Waals surface area contributed by atoms with E-state index in [1.807, 2.05) is 11.5 Å². The quantitative estimate of drug-likeness (QED) is 0.858. The summed E-state index contributed by atoms with van der Waals surface area (Å²) in [6.07, 6.45) is 5.43. The molecule has 5 nitrogen and oxygen atoms in total. The molecule has 1 aromatic rings. The molecular formula is C15H23N3O2. The number of esters is 1. The van der Waals surface area contributed by atoms with Crippen molar-refractivity contribution in [3.8, 4) is 0 Å². The topological polar surface area (TPSA) is 70.1 Å². The number of nitrogen functional groups attached to an aromatic ring is 1. The van der Waals surface area contributed by atoms with Crippen molar-refractivity contribution >= 4 is 11.8 Å². The number of carbonyl (C=O) groups excluding carboxylic acids is 1. The molecular weight excluding hydrogens is 254 g/mol. The molecule has 1 aromatic heterocycles. The van der Waals surface area contributed by atoms with E-state index in [9.17, 15) is 4.79 Å². The van der Waals surface area contributed by atoms with E-state index in [0.717, 1.165) is 24.2 Å². The molecule has 3 rings (SSSR count). The van der Waals surface area contributed by atoms with Gasteiger partial charge in [-0.05, 0) is 50.9 Å². The van der Waals surface area contributed by atoms with Gasteiger partial charge in [0.25, 0.3) is 0 Å². The molecule has 2 aliphatic carbocycles. The number of carbonyl (C=O) groups is 1. The van der Waals surface area contributed by atoms with Crippen LogP contribution >= 0.6 is 0 Å². The van der Waals surface area contributed by atoms with E-state index in [1.54, 1.807) is 6.92 Å². The molecule has 0 amide bonds. The number of anilines is 1. The summed E-state index contributed by atoms with van der Waals surface area (Å²) < 4.78 is 7.00. The summed E-state index contributed by atoms with van der Waals surface area (Å²) in [5, 5.41) is 0. The molecule has 0 spiro atoms. The molecule has 2 saturated carbocycles. The number of fused-ring (bicyclic) bond motifs is 2. The van der Waals surface area contributed by atoms with E-state index in [2.05, 4.69) is 4.98 Å². The van der Waals surface area contributed by atoms with Crippen LogP contribution in [0.2, 0.25) is 0 Å². The molecule has 20 heavy (non-hydrogen) atoms. The van der Waals surface area contributed by atoms with Crippen LogP contribution in [0.15, 0.2) is 0 Å². The van der Waals surface area contributed by atoms with Gasteiger partial charge >= 0.3 is 5.97 Å². The number of ether oxygens (including phenoxy) is 1. The molecule has 0 saturated heterocycles. The minimum atomic E-state index is -0.417. The number of hydrogen-bond acceptors (Lipinski definition) is 4. The van der Waals surface area contributed by atoms with Crippen LogP contribution in [0.25, 0.3) is 0 Å². The van der Waals surface area contributed by atoms with Crippen LogP contribution in [-0.4, -0.2) is 22.1 Å². The normalized spacial score (nSPS) is 28.0. The zero-order valence-corrected chi connectivity index (χ0v) is 12.3. The first-order valence-electron chi connectivity index (χ1n) is 7.59. The predicted molar refractivity (Wildman–Crippen MR) is 76.3 cm³/mol. The molecule has 0 radical (unpaired) electrons. The van der Waals surface area contributed by atoms with Crippen LogP contribution < -0.4 is 5.73 Å². The molecule has 2 fully saturated rings. The summed E-state index contributed by atoms with van der Waals surface area (Å²) in [7, 11) is 0. The third-order valence-electron chi connectivity index (χ3n) is 4.97. The number of nitrogens with two attached hydrogens (primary N) is 1. The third kappa shape index (κ3) is 2.19. The van der Waals surface area contributed by atoms with Crippen molar-refractivity contribution in [2.24, 2.45) is 17.8 Å². The maximum atomic E-state index is 11.8. The maximum absolute atomic E-state index is 11.8. The number of aryl methyl sites for hydroxylation is 1. The van der Waals surface area contributed by atoms with E-state index < -0.39 is 5.97 Å². The average molecular weight is 277 g/mol. The minimum Gasteiger partial charge on any atom is -0.461 e. The number of aromatic nitrogens is 2. The Bertz CT molecular complexity index is 523. The van der Waals surface area contributed by atoms with E-state index in [4.69, 9.17) is 10.5 Å². The minimum absolute atomic E-state index is 0.271. The van der Waals surface area contributed by atoms with Crippen molar-refractivity contribution < 1.29 is 9.53 Å². The van der Waals surface area contributed by atoms with E-state index >= 15 is 0 Å². The first-order valence-corrected chi connectivity index (χ1v) is 7.59. The van der Waals surface area contributed by atoms with Crippen molar-refractivity contribution in [3.63, 3.8) is 0 Å². The monoisotopic (exact) mass is 277 g/mol.